The number of ether oxygens (including phenoxy) is 1. The summed E-state index contributed by atoms with van der Waals surface area (Å²) >= 11 is 0. The number of hydrogen-bond donors (Lipinski definition) is 1. The highest BCUT2D eigenvalue weighted by Crippen LogP contribution is 1.89. The van der Waals surface area contributed by atoms with Crippen LogP contribution in [0.2, 0.25) is 0 Å². The van der Waals surface area contributed by atoms with E-state index >= 15 is 0 Å². The lowest BCUT2D eigenvalue weighted by molar-refractivity contribution is -0.405. The van der Waals surface area contributed by atoms with E-state index in [9.17, 15) is 10.1 Å². The molecule has 0 unspecified atom stereocenters. The topological polar surface area (TPSA) is 78.4 Å². The van der Waals surface area contributed by atoms with Crippen LogP contribution in [-0.4, -0.2) is 18.6 Å². The van der Waals surface area contributed by atoms with Crippen LogP contribution in [0, 0.1) is 10.1 Å². The van der Waals surface area contributed by atoms with Crippen molar-refractivity contribution in [1.29, 1.82) is 0 Å². The van der Waals surface area contributed by atoms with Gasteiger partial charge < -0.3 is 10.5 Å². The third-order valence-electron chi connectivity index (χ3n) is 0.713. The molecule has 0 spiro atoms. The third-order valence-corrected chi connectivity index (χ3v) is 0.713. The molecule has 0 aromatic carbocycles. The zero-order valence-electron chi connectivity index (χ0n) is 5.03. The van der Waals surface area contributed by atoms with Gasteiger partial charge in [0.1, 0.15) is 0 Å². The van der Waals surface area contributed by atoms with Crippen LogP contribution in [0.4, 0.5) is 0 Å². The minimum atomic E-state index is -0.605. The Bertz CT molecular complexity index is 126. The first-order valence-corrected chi connectivity index (χ1v) is 2.29. The first-order valence-electron chi connectivity index (χ1n) is 2.29. The lowest BCUT2D eigenvalue weighted by Crippen LogP contribution is -2.06. The molecule has 2 N–H and O–H groups in total. The molecule has 0 radical (unpaired) electrons. The molecule has 0 saturated heterocycles. The fourth-order valence-electron chi connectivity index (χ4n) is 0.306. The summed E-state index contributed by atoms with van der Waals surface area (Å²) in [5, 5.41) is 9.72. The Kier molecular flexibility index (Phi) is 3.38. The molecule has 0 saturated carbocycles. The van der Waals surface area contributed by atoms with Gasteiger partial charge in [-0.2, -0.15) is 0 Å². The normalized spacial score (nSPS) is 11.1. The van der Waals surface area contributed by atoms with Crippen molar-refractivity contribution in [3.8, 4) is 0 Å². The van der Waals surface area contributed by atoms with Crippen molar-refractivity contribution in [2.45, 2.75) is 0 Å². The van der Waals surface area contributed by atoms with Gasteiger partial charge in [0.25, 0.3) is 6.20 Å². The smallest absolute Gasteiger partial charge is 0.273 e. The maximum Gasteiger partial charge on any atom is 0.273 e. The van der Waals surface area contributed by atoms with Crippen molar-refractivity contribution in [2.75, 3.05) is 13.7 Å². The van der Waals surface area contributed by atoms with Crippen molar-refractivity contribution in [3.63, 3.8) is 0 Å². The average Bonchev–Trinajstić information content (AvgIpc) is 1.82. The Hall–Kier alpha value is -1.10. The number of nitrogens with two attached hydrogens (primary N) is 1. The summed E-state index contributed by atoms with van der Waals surface area (Å²) in [6.07, 6.45) is 0.736. The zero-order valence-corrected chi connectivity index (χ0v) is 5.03. The predicted octanol–water partition coefficient (Wildman–Crippen LogP) is -0.290. The van der Waals surface area contributed by atoms with Crippen LogP contribution < -0.4 is 5.73 Å². The van der Waals surface area contributed by atoms with Crippen LogP contribution in [0.25, 0.3) is 0 Å². The molecule has 5 nitrogen and oxygen atoms in total. The number of methoxy groups -OCH3 is 1. The largest absolute Gasteiger partial charge is 0.493 e. The molecule has 0 amide bonds. The van der Waals surface area contributed by atoms with Gasteiger partial charge in [0.15, 0.2) is 5.76 Å². The molecule has 0 atom stereocenters. The summed E-state index contributed by atoms with van der Waals surface area (Å²) in [5.74, 6) is 0.167. The Morgan fingerprint density at radius 1 is 2.00 bits per heavy atom. The van der Waals surface area contributed by atoms with Crippen LogP contribution in [0.1, 0.15) is 0 Å². The SMILES string of the molecule is CO/C(=C/[N+](=O)[O-])CN. The Morgan fingerprint density at radius 3 is 2.67 bits per heavy atom. The Balaban J connectivity index is 3.91. The maximum atomic E-state index is 9.72. The van der Waals surface area contributed by atoms with Crippen molar-refractivity contribution in [1.82, 2.24) is 0 Å². The highest BCUT2D eigenvalue weighted by Gasteiger charge is 1.96. The van der Waals surface area contributed by atoms with Gasteiger partial charge in [-0.1, -0.05) is 0 Å². The second-order valence-electron chi connectivity index (χ2n) is 1.29. The maximum absolute atomic E-state index is 9.72. The van der Waals surface area contributed by atoms with Gasteiger partial charge in [-0.05, 0) is 0 Å². The lowest BCUT2D eigenvalue weighted by atomic mass is 10.5. The average molecular weight is 132 g/mol. The van der Waals surface area contributed by atoms with Gasteiger partial charge in [-0.25, -0.2) is 0 Å². The molecule has 0 fully saturated rings. The summed E-state index contributed by atoms with van der Waals surface area (Å²) in [4.78, 5) is 9.12. The molecule has 0 aliphatic rings. The molecule has 0 bridgehead atoms. The van der Waals surface area contributed by atoms with E-state index in [1.807, 2.05) is 0 Å². The first-order chi connectivity index (χ1) is 4.20. The summed E-state index contributed by atoms with van der Waals surface area (Å²) in [6.45, 7) is 0.0531. The third kappa shape index (κ3) is 3.48. The quantitative estimate of drug-likeness (QED) is 0.325. The zero-order chi connectivity index (χ0) is 7.28. The fourth-order valence-corrected chi connectivity index (χ4v) is 0.306. The molecule has 9 heavy (non-hydrogen) atoms. The molecule has 0 aliphatic carbocycles. The molecule has 0 aliphatic heterocycles. The predicted molar refractivity (Wildman–Crippen MR) is 31.1 cm³/mol. The first kappa shape index (κ1) is 7.90. The van der Waals surface area contributed by atoms with E-state index in [1.165, 1.54) is 7.11 Å². The van der Waals surface area contributed by atoms with Crippen LogP contribution >= 0.6 is 0 Å². The Labute approximate surface area is 52.3 Å². The van der Waals surface area contributed by atoms with Gasteiger partial charge >= 0.3 is 0 Å². The van der Waals surface area contributed by atoms with E-state index in [1.54, 1.807) is 0 Å². The van der Waals surface area contributed by atoms with E-state index in [0.29, 0.717) is 0 Å². The van der Waals surface area contributed by atoms with E-state index in [0.717, 1.165) is 6.20 Å². The van der Waals surface area contributed by atoms with Crippen LogP contribution in [0.3, 0.4) is 0 Å². The minimum absolute atomic E-state index is 0.0531. The summed E-state index contributed by atoms with van der Waals surface area (Å²) in [6, 6.07) is 0. The summed E-state index contributed by atoms with van der Waals surface area (Å²) in [7, 11) is 1.34. The Morgan fingerprint density at radius 2 is 2.56 bits per heavy atom. The van der Waals surface area contributed by atoms with Crippen molar-refractivity contribution >= 4 is 0 Å². The van der Waals surface area contributed by atoms with E-state index in [2.05, 4.69) is 4.74 Å². The van der Waals surface area contributed by atoms with Gasteiger partial charge in [0.2, 0.25) is 0 Å². The number of hydrogen-bond acceptors (Lipinski definition) is 4. The number of rotatable bonds is 3. The molecule has 0 aromatic rings. The van der Waals surface area contributed by atoms with Crippen molar-refractivity contribution in [2.24, 2.45) is 5.73 Å². The highest BCUT2D eigenvalue weighted by atomic mass is 16.6. The van der Waals surface area contributed by atoms with Crippen molar-refractivity contribution in [3.05, 3.63) is 22.1 Å². The van der Waals surface area contributed by atoms with E-state index in [4.69, 9.17) is 5.73 Å². The molecule has 5 heteroatoms. The van der Waals surface area contributed by atoms with Crippen LogP contribution in [0.15, 0.2) is 12.0 Å². The second kappa shape index (κ2) is 3.85. The van der Waals surface area contributed by atoms with Gasteiger partial charge in [0, 0.05) is 0 Å². The van der Waals surface area contributed by atoms with Gasteiger partial charge in [-0.15, -0.1) is 0 Å². The fraction of sp³-hybridized carbons (Fsp3) is 0.500. The summed E-state index contributed by atoms with van der Waals surface area (Å²) in [5.41, 5.74) is 5.03. The molecule has 0 heterocycles. The van der Waals surface area contributed by atoms with Crippen molar-refractivity contribution < 1.29 is 9.66 Å². The second-order valence-corrected chi connectivity index (χ2v) is 1.29. The number of nitro groups is 1. The molecular formula is C4H8N2O3. The van der Waals surface area contributed by atoms with Gasteiger partial charge in [0.05, 0.1) is 18.6 Å². The minimum Gasteiger partial charge on any atom is -0.493 e. The van der Waals surface area contributed by atoms with Gasteiger partial charge in [-0.3, -0.25) is 10.1 Å². The monoisotopic (exact) mass is 132 g/mol. The van der Waals surface area contributed by atoms with Crippen LogP contribution in [0.5, 0.6) is 0 Å². The van der Waals surface area contributed by atoms with Crippen LogP contribution in [-0.2, 0) is 4.74 Å². The standard InChI is InChI=1S/C4H8N2O3/c1-9-4(2-5)3-6(7)8/h3H,2,5H2,1H3/b4-3+. The molecule has 52 valence electrons. The lowest BCUT2D eigenvalue weighted by Gasteiger charge is -1.95. The van der Waals surface area contributed by atoms with E-state index in [-0.39, 0.29) is 12.3 Å². The summed E-state index contributed by atoms with van der Waals surface area (Å²) < 4.78 is 4.50. The van der Waals surface area contributed by atoms with E-state index < -0.39 is 4.92 Å². The number of nitrogens with zero attached hydrogens (tertiary/aromatic N) is 1. The molecule has 0 aromatic heterocycles. The molecular weight excluding hydrogens is 124 g/mol. The molecule has 0 rings (SSSR count). The highest BCUT2D eigenvalue weighted by molar-refractivity contribution is 4.86.